The van der Waals surface area contributed by atoms with Gasteiger partial charge in [-0.3, -0.25) is 14.4 Å². The number of carbonyl (C=O) groups excluding carboxylic acids is 1. The highest BCUT2D eigenvalue weighted by atomic mass is 32.2. The van der Waals surface area contributed by atoms with E-state index in [0.29, 0.717) is 12.8 Å². The largest absolute Gasteiger partial charge is 0.481 e. The maximum atomic E-state index is 11.9. The number of thioether (sulfide) groups is 1. The Morgan fingerprint density at radius 3 is 2.29 bits per heavy atom. The molecule has 0 bridgehead atoms. The summed E-state index contributed by atoms with van der Waals surface area (Å²) < 4.78 is 0. The van der Waals surface area contributed by atoms with Gasteiger partial charge < -0.3 is 26.4 Å². The van der Waals surface area contributed by atoms with Gasteiger partial charge in [-0.2, -0.15) is 0 Å². The summed E-state index contributed by atoms with van der Waals surface area (Å²) in [7, 11) is 0. The van der Waals surface area contributed by atoms with Crippen molar-refractivity contribution in [1.82, 2.24) is 5.32 Å². The number of nitrogens with one attached hydrogen (secondary N) is 1. The summed E-state index contributed by atoms with van der Waals surface area (Å²) in [6.07, 6.45) is 20.0. The average Bonchev–Trinajstić information content (AvgIpc) is 2.79. The molecule has 0 radical (unpaired) electrons. The zero-order chi connectivity index (χ0) is 25.6. The van der Waals surface area contributed by atoms with E-state index >= 15 is 0 Å². The number of amides is 1. The van der Waals surface area contributed by atoms with E-state index in [1.807, 2.05) is 24.3 Å². The van der Waals surface area contributed by atoms with Gasteiger partial charge >= 0.3 is 11.9 Å². The fourth-order valence-corrected chi connectivity index (χ4v) is 4.17. The van der Waals surface area contributed by atoms with E-state index in [2.05, 4.69) is 18.3 Å². The number of rotatable bonds is 21. The third-order valence-corrected chi connectivity index (χ3v) is 6.39. The second-order valence-electron chi connectivity index (χ2n) is 8.12. The van der Waals surface area contributed by atoms with Crippen LogP contribution in [0.3, 0.4) is 0 Å². The molecule has 9 heteroatoms. The van der Waals surface area contributed by atoms with E-state index in [1.54, 1.807) is 6.08 Å². The molecule has 0 aliphatic heterocycles. The van der Waals surface area contributed by atoms with Gasteiger partial charge in [0.05, 0.1) is 12.1 Å². The Hall–Kier alpha value is -2.10. The van der Waals surface area contributed by atoms with E-state index in [0.717, 1.165) is 6.42 Å². The first-order valence-corrected chi connectivity index (χ1v) is 13.1. The maximum Gasteiger partial charge on any atom is 0.322 e. The van der Waals surface area contributed by atoms with E-state index in [9.17, 15) is 19.5 Å². The second kappa shape index (κ2) is 21.4. The normalized spacial score (nSPS) is 14.6. The van der Waals surface area contributed by atoms with Gasteiger partial charge in [-0.1, -0.05) is 75.5 Å². The van der Waals surface area contributed by atoms with E-state index in [4.69, 9.17) is 15.9 Å². The summed E-state index contributed by atoms with van der Waals surface area (Å²) in [6.45, 7) is 1.71. The number of carboxylic acids is 2. The standard InChI is InChI=1S/C25H42N2O6S/c1-2-3-4-5-6-7-8-9-10-11-12-13-16-22(21(28)15-14-17-23(29)30)34-19-20(26)25(33)27-18-24(31)32/h9-13,16,20-22,28H,2-8,14-15,17-19,26H2,1H3,(H,27,33)(H,29,30)(H,31,32)/b10-9-,12-11+,16-13+/t20-,21-,22+/m0/s1. The first kappa shape index (κ1) is 31.9. The second-order valence-corrected chi connectivity index (χ2v) is 9.33. The highest BCUT2D eigenvalue weighted by Gasteiger charge is 2.21. The smallest absolute Gasteiger partial charge is 0.322 e. The number of aliphatic hydroxyl groups is 1. The summed E-state index contributed by atoms with van der Waals surface area (Å²) in [5.41, 5.74) is 5.83. The molecule has 0 aliphatic carbocycles. The number of carboxylic acid groups (broad SMARTS) is 2. The number of hydrogen-bond donors (Lipinski definition) is 5. The first-order valence-electron chi connectivity index (χ1n) is 12.0. The van der Waals surface area contributed by atoms with Crippen molar-refractivity contribution >= 4 is 29.6 Å². The zero-order valence-electron chi connectivity index (χ0n) is 20.2. The molecular formula is C25H42N2O6S. The highest BCUT2D eigenvalue weighted by molar-refractivity contribution is 8.00. The Balaban J connectivity index is 4.62. The van der Waals surface area contributed by atoms with Crippen LogP contribution in [0, 0.1) is 0 Å². The minimum Gasteiger partial charge on any atom is -0.481 e. The van der Waals surface area contributed by atoms with Crippen molar-refractivity contribution in [1.29, 1.82) is 0 Å². The van der Waals surface area contributed by atoms with Crippen LogP contribution in [0.5, 0.6) is 0 Å². The number of allylic oxidation sites excluding steroid dienone is 5. The van der Waals surface area contributed by atoms with Crippen molar-refractivity contribution < 1.29 is 29.7 Å². The molecule has 3 atom stereocenters. The van der Waals surface area contributed by atoms with Crippen molar-refractivity contribution in [3.63, 3.8) is 0 Å². The summed E-state index contributed by atoms with van der Waals surface area (Å²) in [5, 5.41) is 29.8. The molecule has 34 heavy (non-hydrogen) atoms. The number of nitrogens with two attached hydrogens (primary N) is 1. The number of aliphatic carboxylic acids is 2. The van der Waals surface area contributed by atoms with Gasteiger partial charge in [-0.05, 0) is 25.7 Å². The third kappa shape index (κ3) is 19.4. The lowest BCUT2D eigenvalue weighted by Gasteiger charge is -2.21. The topological polar surface area (TPSA) is 150 Å². The molecule has 0 aromatic rings. The predicted molar refractivity (Wildman–Crippen MR) is 138 cm³/mol. The number of unbranched alkanes of at least 4 members (excludes halogenated alkanes) is 6. The third-order valence-electron chi connectivity index (χ3n) is 4.98. The van der Waals surface area contributed by atoms with Crippen LogP contribution >= 0.6 is 11.8 Å². The minimum absolute atomic E-state index is 0.0292. The van der Waals surface area contributed by atoms with Gasteiger partial charge in [0.1, 0.15) is 6.54 Å². The van der Waals surface area contributed by atoms with Crippen LogP contribution in [0.15, 0.2) is 36.5 Å². The van der Waals surface area contributed by atoms with Gasteiger partial charge in [-0.15, -0.1) is 11.8 Å². The van der Waals surface area contributed by atoms with Crippen LogP contribution in [-0.2, 0) is 14.4 Å². The van der Waals surface area contributed by atoms with Crippen molar-refractivity contribution in [2.75, 3.05) is 12.3 Å². The van der Waals surface area contributed by atoms with Crippen molar-refractivity contribution in [2.24, 2.45) is 5.73 Å². The van der Waals surface area contributed by atoms with Crippen LogP contribution in [0.2, 0.25) is 0 Å². The molecule has 0 aromatic heterocycles. The molecule has 0 saturated carbocycles. The molecule has 0 fully saturated rings. The van der Waals surface area contributed by atoms with Gasteiger partial charge in [0.15, 0.2) is 0 Å². The number of carbonyl (C=O) groups is 3. The van der Waals surface area contributed by atoms with E-state index in [-0.39, 0.29) is 17.4 Å². The van der Waals surface area contributed by atoms with Crippen molar-refractivity contribution in [3.05, 3.63) is 36.5 Å². The summed E-state index contributed by atoms with van der Waals surface area (Å²) in [5.74, 6) is -2.47. The molecule has 0 unspecified atom stereocenters. The molecule has 0 heterocycles. The quantitative estimate of drug-likeness (QED) is 0.119. The Morgan fingerprint density at radius 2 is 1.62 bits per heavy atom. The number of hydrogen-bond acceptors (Lipinski definition) is 6. The molecule has 0 saturated heterocycles. The van der Waals surface area contributed by atoms with Gasteiger partial charge in [0, 0.05) is 17.4 Å². The number of aliphatic hydroxyl groups excluding tert-OH is 1. The van der Waals surface area contributed by atoms with Crippen LogP contribution in [0.1, 0.15) is 71.1 Å². The van der Waals surface area contributed by atoms with Crippen LogP contribution in [-0.4, -0.2) is 62.9 Å². The molecule has 0 rings (SSSR count). The monoisotopic (exact) mass is 498 g/mol. The van der Waals surface area contributed by atoms with E-state index < -0.39 is 36.5 Å². The summed E-state index contributed by atoms with van der Waals surface area (Å²) in [4.78, 5) is 33.2. The Labute approximate surface area is 207 Å². The molecule has 8 nitrogen and oxygen atoms in total. The molecule has 6 N–H and O–H groups in total. The first-order chi connectivity index (χ1) is 16.3. The lowest BCUT2D eigenvalue weighted by atomic mass is 10.1. The Bertz CT molecular complexity index is 666. The SMILES string of the molecule is CCCCCCCC\C=C/C=C/C=C/[C@@H](SC[C@H](N)C(=O)NCC(=O)O)[C@@H](O)CCCC(=O)O. The lowest BCUT2D eigenvalue weighted by molar-refractivity contribution is -0.138. The average molecular weight is 499 g/mol. The van der Waals surface area contributed by atoms with Gasteiger partial charge in [0.2, 0.25) is 5.91 Å². The lowest BCUT2D eigenvalue weighted by Crippen LogP contribution is -2.44. The summed E-state index contributed by atoms with van der Waals surface area (Å²) >= 11 is 1.27. The zero-order valence-corrected chi connectivity index (χ0v) is 21.0. The van der Waals surface area contributed by atoms with Crippen molar-refractivity contribution in [2.45, 2.75) is 88.5 Å². The Morgan fingerprint density at radius 1 is 0.941 bits per heavy atom. The fraction of sp³-hybridized carbons (Fsp3) is 0.640. The Kier molecular flexibility index (Phi) is 20.1. The summed E-state index contributed by atoms with van der Waals surface area (Å²) in [6, 6.07) is -0.924. The molecule has 0 aromatic carbocycles. The molecular weight excluding hydrogens is 456 g/mol. The maximum absolute atomic E-state index is 11.9. The van der Waals surface area contributed by atoms with Crippen LogP contribution < -0.4 is 11.1 Å². The predicted octanol–water partition coefficient (Wildman–Crippen LogP) is 3.65. The van der Waals surface area contributed by atoms with Crippen LogP contribution in [0.4, 0.5) is 0 Å². The molecule has 0 aliphatic rings. The highest BCUT2D eigenvalue weighted by Crippen LogP contribution is 2.21. The van der Waals surface area contributed by atoms with Gasteiger partial charge in [0.25, 0.3) is 0 Å². The molecule has 1 amide bonds. The van der Waals surface area contributed by atoms with Gasteiger partial charge in [-0.25, -0.2) is 0 Å². The molecule has 0 spiro atoms. The van der Waals surface area contributed by atoms with Crippen LogP contribution in [0.25, 0.3) is 0 Å². The minimum atomic E-state index is -1.16. The van der Waals surface area contributed by atoms with E-state index in [1.165, 1.54) is 50.3 Å². The molecule has 194 valence electrons. The fourth-order valence-electron chi connectivity index (χ4n) is 3.03. The van der Waals surface area contributed by atoms with Crippen molar-refractivity contribution in [3.8, 4) is 0 Å².